The van der Waals surface area contributed by atoms with E-state index < -0.39 is 0 Å². The van der Waals surface area contributed by atoms with Crippen LogP contribution in [0.25, 0.3) is 11.2 Å². The fraction of sp³-hybridized carbons (Fsp3) is 0.667. The summed E-state index contributed by atoms with van der Waals surface area (Å²) in [5.41, 5.74) is 0.0530. The number of piperazine rings is 1. The lowest BCUT2D eigenvalue weighted by molar-refractivity contribution is 0.168. The van der Waals surface area contributed by atoms with Crippen LogP contribution in [0.3, 0.4) is 0 Å². The summed E-state index contributed by atoms with van der Waals surface area (Å²) in [7, 11) is 4.83. The minimum Gasteiger partial charge on any atom is -0.385 e. The molecule has 0 radical (unpaired) electrons. The minimum absolute atomic E-state index is 0.303. The Morgan fingerprint density at radius 1 is 1.12 bits per heavy atom. The summed E-state index contributed by atoms with van der Waals surface area (Å²) >= 11 is 0. The number of hydrogen-bond acceptors (Lipinski definition) is 6. The van der Waals surface area contributed by atoms with Gasteiger partial charge >= 0.3 is 5.69 Å². The molecule has 1 N–H and O–H groups in total. The molecular weight excluding hydrogens is 312 g/mol. The van der Waals surface area contributed by atoms with Crippen LogP contribution in [0.4, 0.5) is 5.95 Å². The SMILES string of the molecule is COCCCN1CCN(c2nc3c(=O)n(C)c(=O)n(C)c3[nH]2)CC1. The van der Waals surface area contributed by atoms with Gasteiger partial charge in [0.05, 0.1) is 0 Å². The molecule has 0 aromatic carbocycles. The summed E-state index contributed by atoms with van der Waals surface area (Å²) in [5, 5.41) is 0. The molecule has 1 fully saturated rings. The number of rotatable bonds is 5. The average molecular weight is 336 g/mol. The van der Waals surface area contributed by atoms with Gasteiger partial charge in [-0.2, -0.15) is 0 Å². The lowest BCUT2D eigenvalue weighted by Gasteiger charge is -2.34. The fourth-order valence-corrected chi connectivity index (χ4v) is 3.08. The van der Waals surface area contributed by atoms with Gasteiger partial charge in [0.15, 0.2) is 5.52 Å². The molecule has 132 valence electrons. The van der Waals surface area contributed by atoms with E-state index in [0.717, 1.165) is 50.3 Å². The fourth-order valence-electron chi connectivity index (χ4n) is 3.08. The number of ether oxygens (including phenoxy) is 1. The molecule has 9 nitrogen and oxygen atoms in total. The Labute approximate surface area is 139 Å². The van der Waals surface area contributed by atoms with Gasteiger partial charge in [-0.1, -0.05) is 0 Å². The van der Waals surface area contributed by atoms with Crippen molar-refractivity contribution in [2.45, 2.75) is 6.42 Å². The van der Waals surface area contributed by atoms with Gasteiger partial charge in [0, 0.05) is 60.5 Å². The molecule has 0 saturated carbocycles. The van der Waals surface area contributed by atoms with Crippen molar-refractivity contribution in [3.05, 3.63) is 20.8 Å². The van der Waals surface area contributed by atoms with Gasteiger partial charge in [0.1, 0.15) is 5.65 Å². The van der Waals surface area contributed by atoms with Gasteiger partial charge in [-0.15, -0.1) is 0 Å². The van der Waals surface area contributed by atoms with E-state index in [2.05, 4.69) is 19.8 Å². The van der Waals surface area contributed by atoms with E-state index in [4.69, 9.17) is 4.74 Å². The standard InChI is InChI=1S/C15H24N6O3/c1-18-12-11(13(22)19(2)15(18)23)16-14(17-12)21-8-6-20(7-9-21)5-4-10-24-3/h4-10H2,1-3H3,(H,16,17). The third-order valence-electron chi connectivity index (χ3n) is 4.58. The zero-order chi connectivity index (χ0) is 17.3. The van der Waals surface area contributed by atoms with Crippen LogP contribution in [0.15, 0.2) is 9.59 Å². The van der Waals surface area contributed by atoms with Crippen LogP contribution in [0.1, 0.15) is 6.42 Å². The molecule has 2 aromatic rings. The third-order valence-corrected chi connectivity index (χ3v) is 4.58. The van der Waals surface area contributed by atoms with Crippen molar-refractivity contribution < 1.29 is 4.74 Å². The number of imidazole rings is 1. The first kappa shape index (κ1) is 16.7. The third kappa shape index (κ3) is 2.96. The number of hydrogen-bond donors (Lipinski definition) is 1. The molecule has 2 aromatic heterocycles. The summed E-state index contributed by atoms with van der Waals surface area (Å²) in [6, 6.07) is 0. The van der Waals surface area contributed by atoms with Gasteiger partial charge in [0.2, 0.25) is 5.95 Å². The Morgan fingerprint density at radius 3 is 2.50 bits per heavy atom. The molecule has 0 spiro atoms. The highest BCUT2D eigenvalue weighted by molar-refractivity contribution is 5.73. The normalized spacial score (nSPS) is 16.2. The Bertz CT molecular complexity index is 828. The van der Waals surface area contributed by atoms with Gasteiger partial charge in [0.25, 0.3) is 5.56 Å². The minimum atomic E-state index is -0.367. The molecule has 9 heteroatoms. The highest BCUT2D eigenvalue weighted by Gasteiger charge is 2.21. The number of H-pyrrole nitrogens is 1. The highest BCUT2D eigenvalue weighted by atomic mass is 16.5. The summed E-state index contributed by atoms with van der Waals surface area (Å²) < 4.78 is 7.60. The lowest BCUT2D eigenvalue weighted by Crippen LogP contribution is -2.47. The van der Waals surface area contributed by atoms with Crippen LogP contribution in [0, 0.1) is 0 Å². The number of aromatic amines is 1. The maximum absolute atomic E-state index is 12.2. The van der Waals surface area contributed by atoms with Crippen molar-refractivity contribution in [2.24, 2.45) is 14.1 Å². The topological polar surface area (TPSA) is 88.4 Å². The molecule has 1 aliphatic heterocycles. The summed E-state index contributed by atoms with van der Waals surface area (Å²) in [6.07, 6.45) is 1.03. The van der Waals surface area contributed by atoms with Crippen molar-refractivity contribution in [3.63, 3.8) is 0 Å². The van der Waals surface area contributed by atoms with Crippen LogP contribution >= 0.6 is 0 Å². The van der Waals surface area contributed by atoms with Crippen LogP contribution in [0.2, 0.25) is 0 Å². The zero-order valence-electron chi connectivity index (χ0n) is 14.4. The van der Waals surface area contributed by atoms with E-state index in [-0.39, 0.29) is 11.2 Å². The first-order chi connectivity index (χ1) is 11.5. The van der Waals surface area contributed by atoms with Crippen molar-refractivity contribution >= 4 is 17.1 Å². The molecule has 0 aliphatic carbocycles. The van der Waals surface area contributed by atoms with Gasteiger partial charge in [-0.3, -0.25) is 18.8 Å². The molecule has 0 unspecified atom stereocenters. The molecule has 0 bridgehead atoms. The summed E-state index contributed by atoms with van der Waals surface area (Å²) in [6.45, 7) is 5.36. The summed E-state index contributed by atoms with van der Waals surface area (Å²) in [4.78, 5) is 36.3. The van der Waals surface area contributed by atoms with Gasteiger partial charge in [-0.25, -0.2) is 9.78 Å². The van der Waals surface area contributed by atoms with Gasteiger partial charge < -0.3 is 14.6 Å². The number of anilines is 1. The second-order valence-electron chi connectivity index (χ2n) is 6.14. The van der Waals surface area contributed by atoms with E-state index in [1.54, 1.807) is 14.2 Å². The molecule has 0 amide bonds. The molecule has 3 rings (SSSR count). The highest BCUT2D eigenvalue weighted by Crippen LogP contribution is 2.15. The smallest absolute Gasteiger partial charge is 0.332 e. The Morgan fingerprint density at radius 2 is 1.83 bits per heavy atom. The van der Waals surface area contributed by atoms with Crippen molar-refractivity contribution in [3.8, 4) is 0 Å². The van der Waals surface area contributed by atoms with Crippen LogP contribution < -0.4 is 16.1 Å². The monoisotopic (exact) mass is 336 g/mol. The maximum atomic E-state index is 12.2. The second kappa shape index (κ2) is 6.78. The number of methoxy groups -OCH3 is 1. The molecule has 24 heavy (non-hydrogen) atoms. The van der Waals surface area contributed by atoms with E-state index in [1.807, 2.05) is 0 Å². The van der Waals surface area contributed by atoms with E-state index in [0.29, 0.717) is 17.1 Å². The first-order valence-corrected chi connectivity index (χ1v) is 8.15. The zero-order valence-corrected chi connectivity index (χ0v) is 14.4. The lowest BCUT2D eigenvalue weighted by atomic mass is 10.3. The molecular formula is C15H24N6O3. The van der Waals surface area contributed by atoms with Gasteiger partial charge in [-0.05, 0) is 6.42 Å². The van der Waals surface area contributed by atoms with E-state index >= 15 is 0 Å². The molecule has 3 heterocycles. The van der Waals surface area contributed by atoms with E-state index in [9.17, 15) is 9.59 Å². The number of aromatic nitrogens is 4. The number of nitrogens with zero attached hydrogens (tertiary/aromatic N) is 5. The molecule has 0 atom stereocenters. The van der Waals surface area contributed by atoms with Crippen molar-refractivity contribution in [1.82, 2.24) is 24.0 Å². The van der Waals surface area contributed by atoms with E-state index in [1.165, 1.54) is 11.6 Å². The predicted octanol–water partition coefficient (Wildman–Crippen LogP) is -0.881. The second-order valence-corrected chi connectivity index (χ2v) is 6.14. The largest absolute Gasteiger partial charge is 0.385 e. The first-order valence-electron chi connectivity index (χ1n) is 8.15. The number of aryl methyl sites for hydroxylation is 1. The van der Waals surface area contributed by atoms with Crippen molar-refractivity contribution in [1.29, 1.82) is 0 Å². The molecule has 1 aliphatic rings. The van der Waals surface area contributed by atoms with Crippen LogP contribution in [-0.4, -0.2) is 70.4 Å². The Kier molecular flexibility index (Phi) is 4.72. The number of nitrogens with one attached hydrogen (secondary N) is 1. The average Bonchev–Trinajstić information content (AvgIpc) is 3.04. The van der Waals surface area contributed by atoms with Crippen LogP contribution in [0.5, 0.6) is 0 Å². The maximum Gasteiger partial charge on any atom is 0.332 e. The van der Waals surface area contributed by atoms with Crippen molar-refractivity contribution in [2.75, 3.05) is 51.3 Å². The predicted molar refractivity (Wildman–Crippen MR) is 91.7 cm³/mol. The summed E-state index contributed by atoms with van der Waals surface area (Å²) in [5.74, 6) is 0.653. The Hall–Kier alpha value is -2.13. The molecule has 1 saturated heterocycles. The quantitative estimate of drug-likeness (QED) is 0.714. The number of fused-ring (bicyclic) bond motifs is 1. The van der Waals surface area contributed by atoms with Crippen LogP contribution in [-0.2, 0) is 18.8 Å². The Balaban J connectivity index is 1.77.